The highest BCUT2D eigenvalue weighted by molar-refractivity contribution is 5.85. The fourth-order valence-corrected chi connectivity index (χ4v) is 2.34. The summed E-state index contributed by atoms with van der Waals surface area (Å²) in [5.41, 5.74) is 4.09. The fourth-order valence-electron chi connectivity index (χ4n) is 2.34. The Morgan fingerprint density at radius 1 is 1.09 bits per heavy atom. The van der Waals surface area contributed by atoms with Crippen molar-refractivity contribution >= 4 is 24.8 Å². The molecule has 0 aliphatic rings. The Labute approximate surface area is 147 Å². The van der Waals surface area contributed by atoms with Crippen LogP contribution >= 0.6 is 24.8 Å². The first-order valence-corrected chi connectivity index (χ1v) is 6.99. The molecule has 122 valence electrons. The normalized spacial score (nSPS) is 9.83. The smallest absolute Gasteiger partial charge is 0.123 e. The molecule has 3 aromatic rings. The lowest BCUT2D eigenvalue weighted by molar-refractivity contribution is 0.627. The molecule has 0 amide bonds. The van der Waals surface area contributed by atoms with Crippen LogP contribution in [-0.2, 0) is 12.8 Å². The molecular formula is C17H18Cl2FN3. The van der Waals surface area contributed by atoms with Crippen LogP contribution in [0.25, 0.3) is 11.3 Å². The number of halogens is 3. The van der Waals surface area contributed by atoms with Crippen molar-refractivity contribution in [2.75, 3.05) is 0 Å². The van der Waals surface area contributed by atoms with Crippen LogP contribution in [0, 0.1) is 5.82 Å². The quantitative estimate of drug-likeness (QED) is 0.744. The number of rotatable bonds is 4. The number of aryl methyl sites for hydroxylation is 1. The van der Waals surface area contributed by atoms with Crippen LogP contribution in [0.4, 0.5) is 4.39 Å². The monoisotopic (exact) mass is 353 g/mol. The summed E-state index contributed by atoms with van der Waals surface area (Å²) in [5.74, 6) is 0.667. The molecule has 2 aromatic heterocycles. The van der Waals surface area contributed by atoms with Gasteiger partial charge in [0.05, 0.1) is 5.69 Å². The standard InChI is InChI=1S/C17H16FN3.2ClH/c1-2-15-17(13-4-3-9-19-11-13)21-16(20-15)10-12-5-7-14(18)8-6-12;;/h3-9,11H,2,10H2,1H3,(H,20,21);2*1H. The van der Waals surface area contributed by atoms with E-state index in [9.17, 15) is 4.39 Å². The maximum atomic E-state index is 12.9. The molecule has 0 bridgehead atoms. The number of hydrogen-bond donors (Lipinski definition) is 1. The lowest BCUT2D eigenvalue weighted by atomic mass is 10.1. The second-order valence-electron chi connectivity index (χ2n) is 4.91. The number of H-pyrrole nitrogens is 1. The largest absolute Gasteiger partial charge is 0.345 e. The van der Waals surface area contributed by atoms with E-state index in [1.165, 1.54) is 12.1 Å². The molecule has 23 heavy (non-hydrogen) atoms. The average molecular weight is 354 g/mol. The van der Waals surface area contributed by atoms with Gasteiger partial charge in [-0.05, 0) is 36.2 Å². The van der Waals surface area contributed by atoms with Gasteiger partial charge >= 0.3 is 0 Å². The minimum atomic E-state index is -0.219. The van der Waals surface area contributed by atoms with Crippen LogP contribution in [0.15, 0.2) is 48.8 Å². The van der Waals surface area contributed by atoms with Gasteiger partial charge in [0.1, 0.15) is 11.6 Å². The maximum absolute atomic E-state index is 12.9. The first-order chi connectivity index (χ1) is 10.3. The second-order valence-corrected chi connectivity index (χ2v) is 4.91. The number of imidazole rings is 1. The Hall–Kier alpha value is -1.91. The van der Waals surface area contributed by atoms with Crippen molar-refractivity contribution in [1.29, 1.82) is 0 Å². The third kappa shape index (κ3) is 4.53. The van der Waals surface area contributed by atoms with E-state index in [1.807, 2.05) is 18.3 Å². The molecule has 1 N–H and O–H groups in total. The van der Waals surface area contributed by atoms with E-state index >= 15 is 0 Å². The third-order valence-electron chi connectivity index (χ3n) is 3.40. The second kappa shape index (κ2) is 8.65. The Morgan fingerprint density at radius 3 is 2.43 bits per heavy atom. The number of aromatic amines is 1. The molecule has 6 heteroatoms. The van der Waals surface area contributed by atoms with Crippen molar-refractivity contribution in [3.8, 4) is 11.3 Å². The highest BCUT2D eigenvalue weighted by Gasteiger charge is 2.11. The average Bonchev–Trinajstić information content (AvgIpc) is 2.93. The van der Waals surface area contributed by atoms with Gasteiger partial charge in [-0.2, -0.15) is 0 Å². The van der Waals surface area contributed by atoms with Crippen molar-refractivity contribution in [3.05, 3.63) is 71.7 Å². The molecule has 1 aromatic carbocycles. The van der Waals surface area contributed by atoms with Crippen LogP contribution in [0.5, 0.6) is 0 Å². The van der Waals surface area contributed by atoms with E-state index in [2.05, 4.69) is 21.9 Å². The number of benzene rings is 1. The summed E-state index contributed by atoms with van der Waals surface area (Å²) < 4.78 is 12.9. The molecule has 0 atom stereocenters. The number of pyridine rings is 1. The predicted octanol–water partition coefficient (Wildman–Crippen LogP) is 4.61. The van der Waals surface area contributed by atoms with E-state index in [-0.39, 0.29) is 30.6 Å². The fraction of sp³-hybridized carbons (Fsp3) is 0.176. The van der Waals surface area contributed by atoms with Crippen LogP contribution < -0.4 is 0 Å². The molecule has 0 saturated heterocycles. The highest BCUT2D eigenvalue weighted by atomic mass is 35.5. The lowest BCUT2D eigenvalue weighted by Gasteiger charge is -1.98. The van der Waals surface area contributed by atoms with E-state index in [0.29, 0.717) is 6.42 Å². The highest BCUT2D eigenvalue weighted by Crippen LogP contribution is 2.22. The number of nitrogens with one attached hydrogen (secondary N) is 1. The number of aromatic nitrogens is 3. The van der Waals surface area contributed by atoms with Gasteiger partial charge in [-0.15, -0.1) is 24.8 Å². The molecule has 0 aliphatic carbocycles. The number of nitrogens with zero attached hydrogens (tertiary/aromatic N) is 2. The molecule has 3 nitrogen and oxygen atoms in total. The summed E-state index contributed by atoms with van der Waals surface area (Å²) in [6, 6.07) is 10.4. The van der Waals surface area contributed by atoms with Gasteiger partial charge in [0.15, 0.2) is 0 Å². The van der Waals surface area contributed by atoms with E-state index in [0.717, 1.165) is 34.8 Å². The molecule has 0 aliphatic heterocycles. The summed E-state index contributed by atoms with van der Waals surface area (Å²) >= 11 is 0. The van der Waals surface area contributed by atoms with Gasteiger partial charge in [-0.3, -0.25) is 4.98 Å². The Kier molecular flexibility index (Phi) is 7.20. The topological polar surface area (TPSA) is 41.6 Å². The summed E-state index contributed by atoms with van der Waals surface area (Å²) in [6.45, 7) is 2.09. The van der Waals surface area contributed by atoms with E-state index in [4.69, 9.17) is 0 Å². The van der Waals surface area contributed by atoms with E-state index in [1.54, 1.807) is 18.3 Å². The summed E-state index contributed by atoms with van der Waals surface area (Å²) in [5, 5.41) is 0. The van der Waals surface area contributed by atoms with Gasteiger partial charge in [0, 0.05) is 30.1 Å². The first kappa shape index (κ1) is 19.1. The van der Waals surface area contributed by atoms with Crippen molar-refractivity contribution < 1.29 is 4.39 Å². The van der Waals surface area contributed by atoms with Crippen LogP contribution in [0.3, 0.4) is 0 Å². The molecule has 0 fully saturated rings. The molecule has 0 spiro atoms. The first-order valence-electron chi connectivity index (χ1n) is 6.99. The zero-order valence-electron chi connectivity index (χ0n) is 12.6. The molecule has 0 radical (unpaired) electrons. The molecule has 3 rings (SSSR count). The van der Waals surface area contributed by atoms with Crippen LogP contribution in [0.1, 0.15) is 24.0 Å². The van der Waals surface area contributed by atoms with Gasteiger partial charge < -0.3 is 4.98 Å². The SMILES string of the molecule is CCc1[nH]c(Cc2ccc(F)cc2)nc1-c1cccnc1.Cl.Cl. The Balaban J connectivity index is 0.00000132. The Bertz CT molecular complexity index is 727. The van der Waals surface area contributed by atoms with Crippen LogP contribution in [0.2, 0.25) is 0 Å². The number of hydrogen-bond acceptors (Lipinski definition) is 2. The Morgan fingerprint density at radius 2 is 1.83 bits per heavy atom. The minimum Gasteiger partial charge on any atom is -0.345 e. The van der Waals surface area contributed by atoms with Crippen molar-refractivity contribution in [3.63, 3.8) is 0 Å². The lowest BCUT2D eigenvalue weighted by Crippen LogP contribution is -1.91. The van der Waals surface area contributed by atoms with Gasteiger partial charge in [0.25, 0.3) is 0 Å². The van der Waals surface area contributed by atoms with Gasteiger partial charge in [-0.1, -0.05) is 19.1 Å². The minimum absolute atomic E-state index is 0. The van der Waals surface area contributed by atoms with Gasteiger partial charge in [0.2, 0.25) is 0 Å². The molecule has 0 saturated carbocycles. The zero-order valence-corrected chi connectivity index (χ0v) is 14.3. The van der Waals surface area contributed by atoms with Gasteiger partial charge in [-0.25, -0.2) is 9.37 Å². The summed E-state index contributed by atoms with van der Waals surface area (Å²) in [4.78, 5) is 12.2. The van der Waals surface area contributed by atoms with Crippen molar-refractivity contribution in [2.24, 2.45) is 0 Å². The zero-order chi connectivity index (χ0) is 14.7. The maximum Gasteiger partial charge on any atom is 0.123 e. The van der Waals surface area contributed by atoms with Crippen LogP contribution in [-0.4, -0.2) is 15.0 Å². The third-order valence-corrected chi connectivity index (χ3v) is 3.40. The molecular weight excluding hydrogens is 336 g/mol. The summed E-state index contributed by atoms with van der Waals surface area (Å²) in [6.07, 6.45) is 5.10. The van der Waals surface area contributed by atoms with Crippen molar-refractivity contribution in [1.82, 2.24) is 15.0 Å². The molecule has 2 heterocycles. The van der Waals surface area contributed by atoms with E-state index < -0.39 is 0 Å². The summed E-state index contributed by atoms with van der Waals surface area (Å²) in [7, 11) is 0. The predicted molar refractivity (Wildman–Crippen MR) is 94.9 cm³/mol. The molecule has 0 unspecified atom stereocenters. The van der Waals surface area contributed by atoms with Crippen molar-refractivity contribution in [2.45, 2.75) is 19.8 Å².